The average molecular weight is 1590 g/mol. The molecule has 0 rings (SSSR count). The van der Waals surface area contributed by atoms with E-state index in [9.17, 15) is 43.2 Å². The summed E-state index contributed by atoms with van der Waals surface area (Å²) in [4.78, 5) is 73.3. The van der Waals surface area contributed by atoms with E-state index in [0.29, 0.717) is 31.6 Å². The molecule has 0 saturated carbocycles. The second-order valence-electron chi connectivity index (χ2n) is 34.0. The van der Waals surface area contributed by atoms with Crippen molar-refractivity contribution in [1.82, 2.24) is 0 Å². The molecule has 0 aliphatic rings. The lowest BCUT2D eigenvalue weighted by atomic mass is 9.99. The first-order valence-corrected chi connectivity index (χ1v) is 49.2. The summed E-state index contributed by atoms with van der Waals surface area (Å²) < 4.78 is 69.0. The van der Waals surface area contributed by atoms with Gasteiger partial charge < -0.3 is 33.8 Å². The summed E-state index contributed by atoms with van der Waals surface area (Å²) in [7, 11) is -9.93. The van der Waals surface area contributed by atoms with E-state index < -0.39 is 97.5 Å². The van der Waals surface area contributed by atoms with Crippen LogP contribution in [0.15, 0.2) is 0 Å². The number of ether oxygens (including phenoxy) is 4. The summed E-state index contributed by atoms with van der Waals surface area (Å²) in [6, 6.07) is 0. The number of phosphoric ester groups is 2. The van der Waals surface area contributed by atoms with Gasteiger partial charge in [-0.2, -0.15) is 0 Å². The predicted octanol–water partition coefficient (Wildman–Crippen LogP) is 27.5. The van der Waals surface area contributed by atoms with Crippen LogP contribution in [0.5, 0.6) is 0 Å². The highest BCUT2D eigenvalue weighted by atomic mass is 31.2. The van der Waals surface area contributed by atoms with E-state index in [1.54, 1.807) is 0 Å². The van der Waals surface area contributed by atoms with Gasteiger partial charge in [-0.3, -0.25) is 37.3 Å². The lowest BCUT2D eigenvalue weighted by molar-refractivity contribution is -0.161. The molecular weight excluding hydrogens is 1410 g/mol. The number of esters is 4. The molecule has 109 heavy (non-hydrogen) atoms. The molecule has 0 aromatic carbocycles. The van der Waals surface area contributed by atoms with Crippen LogP contribution in [0.3, 0.4) is 0 Å². The fourth-order valence-corrected chi connectivity index (χ4v) is 15.6. The van der Waals surface area contributed by atoms with Crippen molar-refractivity contribution < 1.29 is 80.2 Å². The Labute approximate surface area is 670 Å². The molecular formula is C90H176O17P2. The average Bonchev–Trinajstić information content (AvgIpc) is 0.899. The fraction of sp³-hybridized carbons (Fsp3) is 0.956. The van der Waals surface area contributed by atoms with E-state index in [1.165, 1.54) is 270 Å². The first kappa shape index (κ1) is 107. The second kappa shape index (κ2) is 78.6. The van der Waals surface area contributed by atoms with Crippen LogP contribution in [0.2, 0.25) is 0 Å². The zero-order chi connectivity index (χ0) is 80.2. The quantitative estimate of drug-likeness (QED) is 0.0222. The maximum atomic E-state index is 13.2. The first-order valence-electron chi connectivity index (χ1n) is 46.2. The number of aliphatic hydroxyl groups is 1. The molecule has 0 heterocycles. The van der Waals surface area contributed by atoms with Crippen molar-refractivity contribution in [1.29, 1.82) is 0 Å². The fourth-order valence-electron chi connectivity index (χ4n) is 14.0. The maximum absolute atomic E-state index is 13.2. The summed E-state index contributed by atoms with van der Waals surface area (Å²) >= 11 is 0. The van der Waals surface area contributed by atoms with Gasteiger partial charge in [-0.15, -0.1) is 0 Å². The van der Waals surface area contributed by atoms with E-state index in [2.05, 4.69) is 55.4 Å². The second-order valence-corrected chi connectivity index (χ2v) is 36.9. The Bertz CT molecular complexity index is 2110. The van der Waals surface area contributed by atoms with Crippen LogP contribution < -0.4 is 0 Å². The lowest BCUT2D eigenvalue weighted by Gasteiger charge is -2.21. The van der Waals surface area contributed by atoms with Gasteiger partial charge in [-0.1, -0.05) is 421 Å². The van der Waals surface area contributed by atoms with Crippen molar-refractivity contribution in [3.63, 3.8) is 0 Å². The number of carbonyl (C=O) groups is 4. The van der Waals surface area contributed by atoms with Gasteiger partial charge in [-0.25, -0.2) is 9.13 Å². The number of unbranched alkanes of at least 4 members (excludes halogenated alkanes) is 52. The Hall–Kier alpha value is -1.94. The number of rotatable bonds is 87. The molecule has 4 unspecified atom stereocenters. The van der Waals surface area contributed by atoms with Gasteiger partial charge in [-0.05, 0) is 49.4 Å². The molecule has 0 aliphatic carbocycles. The molecule has 19 heteroatoms. The molecule has 0 amide bonds. The normalized spacial score (nSPS) is 14.1. The van der Waals surface area contributed by atoms with Gasteiger partial charge in [0.05, 0.1) is 26.4 Å². The standard InChI is InChI=1S/C90H176O17P2/c1-9-83(8)69-61-53-44-38-32-26-19-15-11-13-17-21-28-34-40-46-56-64-72-89(94)106-85(76-100-87(92)70-62-54-45-39-33-27-20-16-12-10-14-18-24-30-36-42-50-58-66-80(2)3)78-104-108(96,97)102-74-84(91)75-103-109(98,99)105-79-86(77-101-88(93)71-63-55-49-48-52-60-68-82(6)7)107-90(95)73-65-57-47-41-35-29-23-22-25-31-37-43-51-59-67-81(4)5/h80-86,91H,9-79H2,1-8H3,(H,96,97)(H,98,99)/t83?,84?,85-,86-/m1/s1. The molecule has 0 aliphatic heterocycles. The summed E-state index contributed by atoms with van der Waals surface area (Å²) in [5.41, 5.74) is 0. The summed E-state index contributed by atoms with van der Waals surface area (Å²) in [6.45, 7) is 14.3. The Morgan fingerprint density at radius 1 is 0.257 bits per heavy atom. The minimum atomic E-state index is -4.97. The van der Waals surface area contributed by atoms with Gasteiger partial charge in [0.1, 0.15) is 19.3 Å². The molecule has 6 atom stereocenters. The SMILES string of the molecule is CCC(C)CCCCCCCCCCCCCCCCCCCCC(=O)O[C@H](COC(=O)CCCCCCCCCCCCCCCCCCCCC(C)C)COP(=O)(O)OCC(O)COP(=O)(O)OC[C@@H](COC(=O)CCCCCCCCC(C)C)OC(=O)CCCCCCCCCCCCCCCCC(C)C. The van der Waals surface area contributed by atoms with E-state index in [1.807, 2.05) is 0 Å². The number of aliphatic hydroxyl groups excluding tert-OH is 1. The molecule has 0 bridgehead atoms. The van der Waals surface area contributed by atoms with Crippen molar-refractivity contribution in [2.45, 2.75) is 491 Å². The molecule has 0 radical (unpaired) electrons. The zero-order valence-corrected chi connectivity index (χ0v) is 74.0. The third-order valence-electron chi connectivity index (χ3n) is 21.4. The lowest BCUT2D eigenvalue weighted by Crippen LogP contribution is -2.30. The van der Waals surface area contributed by atoms with E-state index in [0.717, 1.165) is 114 Å². The van der Waals surface area contributed by atoms with E-state index in [4.69, 9.17) is 37.0 Å². The topological polar surface area (TPSA) is 237 Å². The largest absolute Gasteiger partial charge is 0.472 e. The van der Waals surface area contributed by atoms with Crippen molar-refractivity contribution in [2.75, 3.05) is 39.6 Å². The molecule has 0 spiro atoms. The van der Waals surface area contributed by atoms with Crippen LogP contribution in [-0.2, 0) is 65.4 Å². The molecule has 17 nitrogen and oxygen atoms in total. The van der Waals surface area contributed by atoms with E-state index >= 15 is 0 Å². The van der Waals surface area contributed by atoms with Crippen molar-refractivity contribution in [3.05, 3.63) is 0 Å². The molecule has 0 saturated heterocycles. The first-order chi connectivity index (χ1) is 52.6. The molecule has 648 valence electrons. The summed E-state index contributed by atoms with van der Waals surface area (Å²) in [6.07, 6.45) is 69.7. The Morgan fingerprint density at radius 2 is 0.440 bits per heavy atom. The highest BCUT2D eigenvalue weighted by molar-refractivity contribution is 7.47. The smallest absolute Gasteiger partial charge is 0.462 e. The molecule has 0 fully saturated rings. The zero-order valence-electron chi connectivity index (χ0n) is 72.2. The van der Waals surface area contributed by atoms with Crippen LogP contribution in [0.1, 0.15) is 473 Å². The monoisotopic (exact) mass is 1590 g/mol. The number of hydrogen-bond acceptors (Lipinski definition) is 15. The van der Waals surface area contributed by atoms with Gasteiger partial charge in [0.25, 0.3) is 0 Å². The van der Waals surface area contributed by atoms with Crippen LogP contribution in [0, 0.1) is 23.7 Å². The Morgan fingerprint density at radius 3 is 0.651 bits per heavy atom. The van der Waals surface area contributed by atoms with Gasteiger partial charge in [0, 0.05) is 25.7 Å². The summed E-state index contributed by atoms with van der Waals surface area (Å²) in [5, 5.41) is 10.7. The van der Waals surface area contributed by atoms with Crippen LogP contribution >= 0.6 is 15.6 Å². The highest BCUT2D eigenvalue weighted by Gasteiger charge is 2.31. The van der Waals surface area contributed by atoms with Gasteiger partial charge in [0.15, 0.2) is 12.2 Å². The minimum Gasteiger partial charge on any atom is -0.462 e. The molecule has 3 N–H and O–H groups in total. The van der Waals surface area contributed by atoms with Crippen LogP contribution in [-0.4, -0.2) is 96.7 Å². The third kappa shape index (κ3) is 82.4. The summed E-state index contributed by atoms with van der Waals surface area (Å²) in [5.74, 6) is 1.06. The minimum absolute atomic E-state index is 0.106. The number of phosphoric acid groups is 2. The van der Waals surface area contributed by atoms with Crippen molar-refractivity contribution in [2.24, 2.45) is 23.7 Å². The van der Waals surface area contributed by atoms with E-state index in [-0.39, 0.29) is 25.7 Å². The van der Waals surface area contributed by atoms with Gasteiger partial charge in [0.2, 0.25) is 0 Å². The Balaban J connectivity index is 5.20. The molecule has 0 aromatic heterocycles. The van der Waals surface area contributed by atoms with Crippen LogP contribution in [0.25, 0.3) is 0 Å². The number of hydrogen-bond donors (Lipinski definition) is 3. The number of carbonyl (C=O) groups excluding carboxylic acids is 4. The molecule has 0 aromatic rings. The van der Waals surface area contributed by atoms with Crippen molar-refractivity contribution in [3.8, 4) is 0 Å². The third-order valence-corrected chi connectivity index (χ3v) is 23.3. The van der Waals surface area contributed by atoms with Crippen LogP contribution in [0.4, 0.5) is 0 Å². The van der Waals surface area contributed by atoms with Gasteiger partial charge >= 0.3 is 39.5 Å². The predicted molar refractivity (Wildman–Crippen MR) is 451 cm³/mol. The van der Waals surface area contributed by atoms with Crippen molar-refractivity contribution >= 4 is 39.5 Å². The Kier molecular flexibility index (Phi) is 77.2. The maximum Gasteiger partial charge on any atom is 0.472 e. The highest BCUT2D eigenvalue weighted by Crippen LogP contribution is 2.45.